The van der Waals surface area contributed by atoms with Crippen molar-refractivity contribution in [2.75, 3.05) is 25.2 Å². The Kier molecular flexibility index (Phi) is 6.23. The SMILES string of the molecule is CCC(C)N(CCOC)c1ncc(Br)cc1Cl. The highest BCUT2D eigenvalue weighted by atomic mass is 79.9. The van der Waals surface area contributed by atoms with Crippen LogP contribution in [0.15, 0.2) is 16.7 Å². The molecule has 0 bridgehead atoms. The van der Waals surface area contributed by atoms with Crippen molar-refractivity contribution in [1.29, 1.82) is 0 Å². The molecule has 5 heteroatoms. The molecule has 1 atom stereocenters. The maximum absolute atomic E-state index is 6.23. The average Bonchev–Trinajstić information content (AvgIpc) is 2.31. The van der Waals surface area contributed by atoms with Gasteiger partial charge in [-0.05, 0) is 35.3 Å². The number of nitrogens with zero attached hydrogens (tertiary/aromatic N) is 2. The summed E-state index contributed by atoms with van der Waals surface area (Å²) in [5.41, 5.74) is 0. The molecule has 1 aromatic heterocycles. The minimum Gasteiger partial charge on any atom is -0.383 e. The number of methoxy groups -OCH3 is 1. The lowest BCUT2D eigenvalue weighted by atomic mass is 10.2. The van der Waals surface area contributed by atoms with Crippen molar-refractivity contribution >= 4 is 33.3 Å². The molecule has 0 aromatic carbocycles. The fourth-order valence-corrected chi connectivity index (χ4v) is 2.30. The molecule has 0 amide bonds. The highest BCUT2D eigenvalue weighted by Gasteiger charge is 2.17. The van der Waals surface area contributed by atoms with Crippen molar-refractivity contribution in [1.82, 2.24) is 4.98 Å². The largest absolute Gasteiger partial charge is 0.383 e. The van der Waals surface area contributed by atoms with Crippen LogP contribution in [-0.4, -0.2) is 31.3 Å². The van der Waals surface area contributed by atoms with Crippen molar-refractivity contribution in [2.45, 2.75) is 26.3 Å². The fraction of sp³-hybridized carbons (Fsp3) is 0.583. The standard InChI is InChI=1S/C12H18BrClN2O/c1-4-9(2)16(5-6-17-3)12-11(14)7-10(13)8-15-12/h7-9H,4-6H2,1-3H3. The summed E-state index contributed by atoms with van der Waals surface area (Å²) in [6.45, 7) is 5.77. The first-order valence-electron chi connectivity index (χ1n) is 5.66. The highest BCUT2D eigenvalue weighted by Crippen LogP contribution is 2.27. The van der Waals surface area contributed by atoms with Crippen LogP contribution in [0.4, 0.5) is 5.82 Å². The number of pyridine rings is 1. The van der Waals surface area contributed by atoms with E-state index in [1.165, 1.54) is 0 Å². The van der Waals surface area contributed by atoms with Gasteiger partial charge in [-0.25, -0.2) is 4.98 Å². The smallest absolute Gasteiger partial charge is 0.147 e. The van der Waals surface area contributed by atoms with E-state index in [9.17, 15) is 0 Å². The highest BCUT2D eigenvalue weighted by molar-refractivity contribution is 9.10. The molecule has 0 fully saturated rings. The monoisotopic (exact) mass is 320 g/mol. The Hall–Kier alpha value is -0.320. The third kappa shape index (κ3) is 4.12. The van der Waals surface area contributed by atoms with Crippen LogP contribution >= 0.6 is 27.5 Å². The van der Waals surface area contributed by atoms with Crippen LogP contribution in [0.25, 0.3) is 0 Å². The number of ether oxygens (including phenoxy) is 1. The summed E-state index contributed by atoms with van der Waals surface area (Å²) in [7, 11) is 1.70. The van der Waals surface area contributed by atoms with Gasteiger partial charge in [0.05, 0.1) is 11.6 Å². The molecular weight excluding hydrogens is 304 g/mol. The zero-order valence-corrected chi connectivity index (χ0v) is 12.8. The molecule has 1 unspecified atom stereocenters. The molecule has 1 rings (SSSR count). The molecule has 0 aliphatic rings. The van der Waals surface area contributed by atoms with E-state index in [0.717, 1.165) is 23.3 Å². The molecule has 0 aliphatic carbocycles. The van der Waals surface area contributed by atoms with E-state index < -0.39 is 0 Å². The zero-order valence-electron chi connectivity index (χ0n) is 10.4. The minimum absolute atomic E-state index is 0.385. The van der Waals surface area contributed by atoms with Crippen LogP contribution in [0.2, 0.25) is 5.02 Å². The van der Waals surface area contributed by atoms with Crippen LogP contribution in [-0.2, 0) is 4.74 Å². The third-order valence-electron chi connectivity index (χ3n) is 2.72. The first-order chi connectivity index (χ1) is 8.10. The Morgan fingerprint density at radius 1 is 1.59 bits per heavy atom. The maximum Gasteiger partial charge on any atom is 0.147 e. The number of aromatic nitrogens is 1. The van der Waals surface area contributed by atoms with Crippen molar-refractivity contribution < 1.29 is 4.74 Å². The molecule has 1 aromatic rings. The maximum atomic E-state index is 6.23. The van der Waals surface area contributed by atoms with Gasteiger partial charge in [0.2, 0.25) is 0 Å². The van der Waals surface area contributed by atoms with Crippen LogP contribution in [0.1, 0.15) is 20.3 Å². The van der Waals surface area contributed by atoms with Gasteiger partial charge in [-0.2, -0.15) is 0 Å². The summed E-state index contributed by atoms with van der Waals surface area (Å²) >= 11 is 9.59. The predicted octanol–water partition coefficient (Wildman–Crippen LogP) is 3.75. The summed E-state index contributed by atoms with van der Waals surface area (Å²) in [5.74, 6) is 0.821. The van der Waals surface area contributed by atoms with Gasteiger partial charge in [-0.3, -0.25) is 0 Å². The second-order valence-corrected chi connectivity index (χ2v) is 5.23. The summed E-state index contributed by atoms with van der Waals surface area (Å²) in [6, 6.07) is 2.25. The molecule has 17 heavy (non-hydrogen) atoms. The van der Waals surface area contributed by atoms with Crippen molar-refractivity contribution in [3.63, 3.8) is 0 Å². The average molecular weight is 322 g/mol. The molecule has 96 valence electrons. The van der Waals surface area contributed by atoms with Gasteiger partial charge in [0, 0.05) is 30.4 Å². The summed E-state index contributed by atoms with van der Waals surface area (Å²) in [4.78, 5) is 6.57. The Bertz CT molecular complexity index is 362. The molecule has 0 N–H and O–H groups in total. The fourth-order valence-electron chi connectivity index (χ4n) is 1.56. The van der Waals surface area contributed by atoms with Crippen LogP contribution in [0.3, 0.4) is 0 Å². The molecule has 0 saturated heterocycles. The molecule has 3 nitrogen and oxygen atoms in total. The molecule has 0 spiro atoms. The van der Waals surface area contributed by atoms with E-state index in [1.807, 2.05) is 6.07 Å². The third-order valence-corrected chi connectivity index (χ3v) is 3.43. The number of hydrogen-bond acceptors (Lipinski definition) is 3. The second kappa shape index (κ2) is 7.19. The van der Waals surface area contributed by atoms with Gasteiger partial charge in [0.25, 0.3) is 0 Å². The van der Waals surface area contributed by atoms with Gasteiger partial charge in [-0.15, -0.1) is 0 Å². The van der Waals surface area contributed by atoms with E-state index in [1.54, 1.807) is 13.3 Å². The first-order valence-corrected chi connectivity index (χ1v) is 6.83. The Morgan fingerprint density at radius 2 is 2.29 bits per heavy atom. The number of halogens is 2. The second-order valence-electron chi connectivity index (χ2n) is 3.90. The van der Waals surface area contributed by atoms with E-state index in [2.05, 4.69) is 39.7 Å². The lowest BCUT2D eigenvalue weighted by molar-refractivity contribution is 0.203. The van der Waals surface area contributed by atoms with Gasteiger partial charge < -0.3 is 9.64 Å². The van der Waals surface area contributed by atoms with Crippen LogP contribution < -0.4 is 4.90 Å². The van der Waals surface area contributed by atoms with E-state index in [-0.39, 0.29) is 0 Å². The molecule has 1 heterocycles. The number of rotatable bonds is 6. The molecule has 0 saturated carbocycles. The minimum atomic E-state index is 0.385. The lowest BCUT2D eigenvalue weighted by Crippen LogP contribution is -2.36. The van der Waals surface area contributed by atoms with E-state index >= 15 is 0 Å². The number of hydrogen-bond donors (Lipinski definition) is 0. The van der Waals surface area contributed by atoms with E-state index in [0.29, 0.717) is 17.7 Å². The summed E-state index contributed by atoms with van der Waals surface area (Å²) in [6.07, 6.45) is 2.81. The summed E-state index contributed by atoms with van der Waals surface area (Å²) < 4.78 is 6.02. The van der Waals surface area contributed by atoms with Crippen LogP contribution in [0, 0.1) is 0 Å². The quantitative estimate of drug-likeness (QED) is 0.798. The Labute approximate surface area is 116 Å². The molecular formula is C12H18BrClN2O. The Morgan fingerprint density at radius 3 is 2.82 bits per heavy atom. The normalized spacial score (nSPS) is 12.5. The lowest BCUT2D eigenvalue weighted by Gasteiger charge is -2.30. The Balaban J connectivity index is 2.95. The van der Waals surface area contributed by atoms with Gasteiger partial charge >= 0.3 is 0 Å². The topological polar surface area (TPSA) is 25.4 Å². The van der Waals surface area contributed by atoms with Crippen molar-refractivity contribution in [3.05, 3.63) is 21.8 Å². The summed E-state index contributed by atoms with van der Waals surface area (Å²) in [5, 5.41) is 0.663. The van der Waals surface area contributed by atoms with Gasteiger partial charge in [0.15, 0.2) is 0 Å². The van der Waals surface area contributed by atoms with Gasteiger partial charge in [0.1, 0.15) is 5.82 Å². The molecule has 0 aliphatic heterocycles. The van der Waals surface area contributed by atoms with Crippen molar-refractivity contribution in [3.8, 4) is 0 Å². The number of anilines is 1. The zero-order chi connectivity index (χ0) is 12.8. The van der Waals surface area contributed by atoms with E-state index in [4.69, 9.17) is 16.3 Å². The van der Waals surface area contributed by atoms with Gasteiger partial charge in [-0.1, -0.05) is 18.5 Å². The predicted molar refractivity (Wildman–Crippen MR) is 75.9 cm³/mol. The first kappa shape index (κ1) is 14.7. The van der Waals surface area contributed by atoms with Crippen LogP contribution in [0.5, 0.6) is 0 Å². The van der Waals surface area contributed by atoms with Crippen molar-refractivity contribution in [2.24, 2.45) is 0 Å². The molecule has 0 radical (unpaired) electrons.